The number of carbonyl (C=O) groups is 1. The van der Waals surface area contributed by atoms with Crippen LogP contribution in [0.2, 0.25) is 0 Å². The maximum Gasteiger partial charge on any atom is 0.287 e. The van der Waals surface area contributed by atoms with E-state index in [-0.39, 0.29) is 11.9 Å². The summed E-state index contributed by atoms with van der Waals surface area (Å²) in [5, 5.41) is 6.26. The molecule has 1 fully saturated rings. The molecule has 0 spiro atoms. The van der Waals surface area contributed by atoms with Crippen molar-refractivity contribution in [3.05, 3.63) is 52.4 Å². The van der Waals surface area contributed by atoms with Crippen LogP contribution in [0.25, 0.3) is 0 Å². The molecule has 0 aliphatic carbocycles. The van der Waals surface area contributed by atoms with Crippen molar-refractivity contribution in [3.63, 3.8) is 0 Å². The number of carbonyl (C=O) groups excluding carboxylic acids is 1. The van der Waals surface area contributed by atoms with Crippen LogP contribution >= 0.6 is 15.9 Å². The molecule has 1 aliphatic heterocycles. The zero-order chi connectivity index (χ0) is 16.1. The molecule has 1 amide bonds. The lowest BCUT2D eigenvalue weighted by molar-refractivity contribution is 0.0898. The zero-order valence-corrected chi connectivity index (χ0v) is 14.3. The molecule has 23 heavy (non-hydrogen) atoms. The molecular weight excluding hydrogens is 360 g/mol. The Balaban J connectivity index is 1.52. The largest absolute Gasteiger partial charge is 0.486 e. The van der Waals surface area contributed by atoms with Crippen molar-refractivity contribution >= 4 is 21.8 Å². The van der Waals surface area contributed by atoms with Gasteiger partial charge >= 0.3 is 0 Å². The maximum atomic E-state index is 12.2. The Bertz CT molecular complexity index is 648. The van der Waals surface area contributed by atoms with E-state index in [0.29, 0.717) is 18.1 Å². The molecular formula is C17H19BrN2O3. The molecule has 1 atom stereocenters. The lowest BCUT2D eigenvalue weighted by atomic mass is 10.1. The molecule has 2 N–H and O–H groups in total. The summed E-state index contributed by atoms with van der Waals surface area (Å²) in [6, 6.07) is 11.2. The lowest BCUT2D eigenvalue weighted by Crippen LogP contribution is -2.45. The van der Waals surface area contributed by atoms with Crippen LogP contribution in [0.4, 0.5) is 0 Å². The molecule has 1 saturated heterocycles. The van der Waals surface area contributed by atoms with Crippen molar-refractivity contribution in [2.45, 2.75) is 25.5 Å². The third-order valence-electron chi connectivity index (χ3n) is 3.71. The number of furan rings is 1. The highest BCUT2D eigenvalue weighted by Crippen LogP contribution is 2.18. The van der Waals surface area contributed by atoms with Crippen LogP contribution in [0, 0.1) is 0 Å². The molecule has 5 nitrogen and oxygen atoms in total. The minimum atomic E-state index is -0.173. The molecule has 1 aromatic carbocycles. The topological polar surface area (TPSA) is 63.5 Å². The number of ether oxygens (including phenoxy) is 1. The number of amides is 1. The Kier molecular flexibility index (Phi) is 5.35. The van der Waals surface area contributed by atoms with Crippen molar-refractivity contribution in [3.8, 4) is 5.75 Å². The van der Waals surface area contributed by atoms with Crippen LogP contribution < -0.4 is 15.4 Å². The normalized spacial score (nSPS) is 17.7. The first-order valence-corrected chi connectivity index (χ1v) is 8.49. The van der Waals surface area contributed by atoms with Gasteiger partial charge in [-0.2, -0.15) is 0 Å². The van der Waals surface area contributed by atoms with E-state index >= 15 is 0 Å². The van der Waals surface area contributed by atoms with Gasteiger partial charge in [-0.15, -0.1) is 0 Å². The van der Waals surface area contributed by atoms with Gasteiger partial charge in [0.15, 0.2) is 5.76 Å². The van der Waals surface area contributed by atoms with Gasteiger partial charge in [0.05, 0.1) is 0 Å². The Morgan fingerprint density at radius 2 is 2.13 bits per heavy atom. The predicted molar refractivity (Wildman–Crippen MR) is 90.5 cm³/mol. The monoisotopic (exact) mass is 378 g/mol. The second-order valence-electron chi connectivity index (χ2n) is 5.53. The van der Waals surface area contributed by atoms with Crippen molar-refractivity contribution in [1.82, 2.24) is 10.6 Å². The SMILES string of the molecule is O=C(N[C@H]1CCCNC1)c1ccc(COc2ccc(Br)cc2)o1. The summed E-state index contributed by atoms with van der Waals surface area (Å²) >= 11 is 3.38. The van der Waals surface area contributed by atoms with E-state index in [2.05, 4.69) is 26.6 Å². The van der Waals surface area contributed by atoms with Gasteiger partial charge in [-0.1, -0.05) is 15.9 Å². The molecule has 0 bridgehead atoms. The summed E-state index contributed by atoms with van der Waals surface area (Å²) in [6.45, 7) is 2.12. The number of benzene rings is 1. The first-order valence-electron chi connectivity index (χ1n) is 7.69. The summed E-state index contributed by atoms with van der Waals surface area (Å²) < 4.78 is 12.2. The minimum absolute atomic E-state index is 0.170. The molecule has 0 radical (unpaired) electrons. The Labute approximate surface area is 143 Å². The van der Waals surface area contributed by atoms with Crippen LogP contribution in [0.1, 0.15) is 29.2 Å². The van der Waals surface area contributed by atoms with Crippen molar-refractivity contribution in [2.24, 2.45) is 0 Å². The quantitative estimate of drug-likeness (QED) is 0.838. The average molecular weight is 379 g/mol. The fourth-order valence-corrected chi connectivity index (χ4v) is 2.76. The lowest BCUT2D eigenvalue weighted by Gasteiger charge is -2.23. The maximum absolute atomic E-state index is 12.2. The number of piperidine rings is 1. The molecule has 2 aromatic rings. The van der Waals surface area contributed by atoms with E-state index in [1.54, 1.807) is 12.1 Å². The molecule has 1 aromatic heterocycles. The second kappa shape index (κ2) is 7.66. The zero-order valence-electron chi connectivity index (χ0n) is 12.7. The van der Waals surface area contributed by atoms with E-state index in [1.807, 2.05) is 24.3 Å². The third kappa shape index (κ3) is 4.59. The summed E-state index contributed by atoms with van der Waals surface area (Å²) in [4.78, 5) is 12.2. The molecule has 1 aliphatic rings. The van der Waals surface area contributed by atoms with Crippen LogP contribution in [0.15, 0.2) is 45.3 Å². The third-order valence-corrected chi connectivity index (χ3v) is 4.24. The number of rotatable bonds is 5. The average Bonchev–Trinajstić information content (AvgIpc) is 3.04. The molecule has 0 unspecified atom stereocenters. The van der Waals surface area contributed by atoms with E-state index in [9.17, 15) is 4.79 Å². The van der Waals surface area contributed by atoms with Crippen molar-refractivity contribution in [1.29, 1.82) is 0 Å². The Hall–Kier alpha value is -1.79. The van der Waals surface area contributed by atoms with Gasteiger partial charge in [0.1, 0.15) is 18.1 Å². The molecule has 3 rings (SSSR count). The first kappa shape index (κ1) is 16.1. The minimum Gasteiger partial charge on any atom is -0.486 e. The van der Waals surface area contributed by atoms with Gasteiger partial charge < -0.3 is 19.8 Å². The second-order valence-corrected chi connectivity index (χ2v) is 6.44. The van der Waals surface area contributed by atoms with E-state index in [4.69, 9.17) is 9.15 Å². The fourth-order valence-electron chi connectivity index (χ4n) is 2.49. The summed E-state index contributed by atoms with van der Waals surface area (Å²) in [6.07, 6.45) is 2.08. The van der Waals surface area contributed by atoms with Gasteiger partial charge in [-0.05, 0) is 55.8 Å². The van der Waals surface area contributed by atoms with E-state index in [0.717, 1.165) is 36.2 Å². The molecule has 0 saturated carbocycles. The molecule has 6 heteroatoms. The molecule has 2 heterocycles. The fraction of sp³-hybridized carbons (Fsp3) is 0.353. The van der Waals surface area contributed by atoms with Crippen LogP contribution in [-0.4, -0.2) is 25.0 Å². The Morgan fingerprint density at radius 1 is 1.30 bits per heavy atom. The number of hydrogen-bond donors (Lipinski definition) is 2. The van der Waals surface area contributed by atoms with Crippen LogP contribution in [-0.2, 0) is 6.61 Å². The van der Waals surface area contributed by atoms with Crippen molar-refractivity contribution < 1.29 is 13.9 Å². The van der Waals surface area contributed by atoms with Gasteiger partial charge in [-0.25, -0.2) is 0 Å². The first-order chi connectivity index (χ1) is 11.2. The smallest absolute Gasteiger partial charge is 0.287 e. The highest BCUT2D eigenvalue weighted by Gasteiger charge is 2.18. The summed E-state index contributed by atoms with van der Waals surface area (Å²) in [5.41, 5.74) is 0. The summed E-state index contributed by atoms with van der Waals surface area (Å²) in [5.74, 6) is 1.53. The van der Waals surface area contributed by atoms with Gasteiger partial charge in [-0.3, -0.25) is 4.79 Å². The number of nitrogens with one attached hydrogen (secondary N) is 2. The van der Waals surface area contributed by atoms with Gasteiger partial charge in [0, 0.05) is 17.1 Å². The molecule has 122 valence electrons. The number of hydrogen-bond acceptors (Lipinski definition) is 4. The van der Waals surface area contributed by atoms with Gasteiger partial charge in [0.2, 0.25) is 0 Å². The Morgan fingerprint density at radius 3 is 2.87 bits per heavy atom. The predicted octanol–water partition coefficient (Wildman–Crippen LogP) is 3.10. The summed E-state index contributed by atoms with van der Waals surface area (Å²) in [7, 11) is 0. The van der Waals surface area contributed by atoms with Crippen LogP contribution in [0.5, 0.6) is 5.75 Å². The standard InChI is InChI=1S/C17H19BrN2O3/c18-12-3-5-14(6-4-12)22-11-15-7-8-16(23-15)17(21)20-13-2-1-9-19-10-13/h3-8,13,19H,1-2,9-11H2,(H,20,21)/t13-/m0/s1. The van der Waals surface area contributed by atoms with E-state index < -0.39 is 0 Å². The van der Waals surface area contributed by atoms with Crippen LogP contribution in [0.3, 0.4) is 0 Å². The number of halogens is 1. The van der Waals surface area contributed by atoms with E-state index in [1.165, 1.54) is 0 Å². The highest BCUT2D eigenvalue weighted by atomic mass is 79.9. The highest BCUT2D eigenvalue weighted by molar-refractivity contribution is 9.10. The van der Waals surface area contributed by atoms with Crippen molar-refractivity contribution in [2.75, 3.05) is 13.1 Å². The van der Waals surface area contributed by atoms with Gasteiger partial charge in [0.25, 0.3) is 5.91 Å².